The molecule has 53 heteroatoms. The second-order valence-electron chi connectivity index (χ2n) is 36.6. The van der Waals surface area contributed by atoms with Gasteiger partial charge in [-0.15, -0.1) is 0 Å². The summed E-state index contributed by atoms with van der Waals surface area (Å²) in [4.78, 5) is 38.9. The van der Waals surface area contributed by atoms with Gasteiger partial charge in [0.25, 0.3) is 5.91 Å². The first kappa shape index (κ1) is 118. The van der Waals surface area contributed by atoms with E-state index in [1.165, 1.54) is 19.3 Å². The highest BCUT2D eigenvalue weighted by Gasteiger charge is 2.61. The molecule has 1 aromatic carbocycles. The summed E-state index contributed by atoms with van der Waals surface area (Å²) in [7, 11) is 0. The number of esters is 1. The Balaban J connectivity index is 0.000000304. The van der Waals surface area contributed by atoms with E-state index in [0.717, 1.165) is 19.3 Å². The van der Waals surface area contributed by atoms with Crippen molar-refractivity contribution in [2.24, 2.45) is 23.7 Å². The van der Waals surface area contributed by atoms with Crippen LogP contribution in [0.3, 0.4) is 0 Å². The van der Waals surface area contributed by atoms with Crippen molar-refractivity contribution in [3.8, 4) is 17.2 Å². The normalized spacial score (nSPS) is 38.8. The first-order chi connectivity index (χ1) is 68.9. The molecule has 143 heavy (non-hydrogen) atoms. The van der Waals surface area contributed by atoms with Gasteiger partial charge < -0.3 is 245 Å². The van der Waals surface area contributed by atoms with Crippen molar-refractivity contribution < 1.29 is 249 Å². The summed E-state index contributed by atoms with van der Waals surface area (Å²) in [6.45, 7) is 10.4. The molecule has 0 spiro atoms. The summed E-state index contributed by atoms with van der Waals surface area (Å²) in [5, 5.41) is 229. The van der Waals surface area contributed by atoms with Gasteiger partial charge in [-0.1, -0.05) is 13.8 Å². The molecular formula is C90H150N2O51. The second-order valence-corrected chi connectivity index (χ2v) is 36.6. The zero-order valence-electron chi connectivity index (χ0n) is 80.7. The van der Waals surface area contributed by atoms with E-state index in [1.54, 1.807) is 26.0 Å². The average Bonchev–Trinajstić information content (AvgIpc) is 0.777. The lowest BCUT2D eigenvalue weighted by atomic mass is 9.53. The molecule has 1 aromatic rings. The average molecular weight is 2080 g/mol. The maximum absolute atomic E-state index is 14.1. The van der Waals surface area contributed by atoms with E-state index in [0.29, 0.717) is 159 Å². The zero-order chi connectivity index (χ0) is 103. The fourth-order valence-corrected chi connectivity index (χ4v) is 19.1. The van der Waals surface area contributed by atoms with E-state index in [2.05, 4.69) is 10.6 Å². The van der Waals surface area contributed by atoms with Gasteiger partial charge in [-0.25, -0.2) is 4.79 Å². The number of benzene rings is 1. The quantitative estimate of drug-likeness (QED) is 0.0213. The van der Waals surface area contributed by atoms with E-state index >= 15 is 0 Å². The van der Waals surface area contributed by atoms with Crippen molar-refractivity contribution >= 4 is 18.0 Å². The monoisotopic (exact) mass is 2070 g/mol. The highest BCUT2D eigenvalue weighted by molar-refractivity contribution is 5.96. The molecule has 35 atom stereocenters. The molecule has 21 aliphatic heterocycles. The lowest BCUT2D eigenvalue weighted by molar-refractivity contribution is -0.396. The predicted octanol–water partition coefficient (Wildman–Crippen LogP) is -9.57. The van der Waals surface area contributed by atoms with Gasteiger partial charge in [0.1, 0.15) is 204 Å². The second kappa shape index (κ2) is 59.2. The largest absolute Gasteiger partial charge is 0.487 e. The van der Waals surface area contributed by atoms with Crippen LogP contribution in [0.2, 0.25) is 0 Å². The van der Waals surface area contributed by atoms with Gasteiger partial charge in [0, 0.05) is 37.5 Å². The van der Waals surface area contributed by atoms with E-state index in [-0.39, 0.29) is 37.9 Å². The summed E-state index contributed by atoms with van der Waals surface area (Å²) in [5.41, 5.74) is 0.311. The van der Waals surface area contributed by atoms with Crippen molar-refractivity contribution in [1.29, 1.82) is 0 Å². The van der Waals surface area contributed by atoms with Gasteiger partial charge in [0.2, 0.25) is 5.75 Å². The van der Waals surface area contributed by atoms with Crippen LogP contribution in [0, 0.1) is 23.7 Å². The molecule has 25 fully saturated rings. The maximum Gasteiger partial charge on any atom is 0.407 e. The number of amides is 2. The van der Waals surface area contributed by atoms with E-state index < -0.39 is 286 Å². The van der Waals surface area contributed by atoms with Crippen molar-refractivity contribution in [3.63, 3.8) is 0 Å². The molecule has 25 aliphatic rings. The Labute approximate surface area is 825 Å². The number of rotatable bonds is 47. The molecule has 26 rings (SSSR count). The first-order valence-corrected chi connectivity index (χ1v) is 48.9. The number of ether oxygens (including phenoxy) is 28. The number of nitrogens with one attached hydrogen (secondary N) is 2. The number of hydrogen-bond acceptors (Lipinski definition) is 51. The van der Waals surface area contributed by atoms with Gasteiger partial charge in [-0.2, -0.15) is 0 Å². The predicted molar refractivity (Wildman–Crippen MR) is 472 cm³/mol. The van der Waals surface area contributed by atoms with Crippen molar-refractivity contribution in [1.82, 2.24) is 10.6 Å². The first-order valence-electron chi connectivity index (χ1n) is 48.9. The molecule has 826 valence electrons. The van der Waals surface area contributed by atoms with Crippen LogP contribution in [-0.2, 0) is 123 Å². The Morgan fingerprint density at radius 1 is 0.315 bits per heavy atom. The molecule has 53 nitrogen and oxygen atoms in total. The van der Waals surface area contributed by atoms with Crippen LogP contribution in [0.25, 0.3) is 0 Å². The highest BCUT2D eigenvalue weighted by atomic mass is 16.8. The summed E-state index contributed by atoms with van der Waals surface area (Å²) in [6.07, 6.45) is -66.3. The lowest BCUT2D eigenvalue weighted by Crippen LogP contribution is -2.68. The van der Waals surface area contributed by atoms with Gasteiger partial charge in [0.15, 0.2) is 55.5 Å². The number of carbonyl (C=O) groups is 3. The summed E-state index contributed by atoms with van der Waals surface area (Å²) < 4.78 is 159. The van der Waals surface area contributed by atoms with E-state index in [4.69, 9.17) is 133 Å². The molecule has 21 heterocycles. The molecule has 2 amide bonds. The van der Waals surface area contributed by atoms with Crippen LogP contribution < -0.4 is 24.8 Å². The molecule has 4 aliphatic carbocycles. The van der Waals surface area contributed by atoms with Crippen molar-refractivity contribution in [2.75, 3.05) is 198 Å². The number of aliphatic hydroxyl groups is 20. The van der Waals surface area contributed by atoms with Gasteiger partial charge in [-0.3, -0.25) is 9.59 Å². The van der Waals surface area contributed by atoms with Crippen LogP contribution >= 0.6 is 0 Å². The highest BCUT2D eigenvalue weighted by Crippen LogP contribution is 2.56. The third kappa shape index (κ3) is 32.1. The Morgan fingerprint density at radius 2 is 0.552 bits per heavy atom. The Bertz CT molecular complexity index is 3710. The van der Waals surface area contributed by atoms with Gasteiger partial charge in [-0.05, 0) is 89.2 Å². The minimum Gasteiger partial charge on any atom is -0.487 e. The number of carbonyl (C=O) groups excluding carboxylic acids is 3. The smallest absolute Gasteiger partial charge is 0.407 e. The SMILES string of the molecule is CC(C)C(=O)OCCOC(=O)NC[C@H]1O[C@@H]2O[C@H]3[C@H](O)[C@@H](O)[C@@H](O[C@H]4[C@H](O)[C@@H](O)[C@@H](O[C@H]5[C@H](O)[C@@H](O)[C@@H](O[C@H]6[C@H](O)[C@@H](O)[C@@H](O[C@H]7[C@H](O)[C@@H](O)[C@@H](O[C@H]8[C@H](O)[C@@H](O)[C@@H](O[C@H]1[C@H](O)[C@H]2O)O[C@@H]8CO)O[C@@H]7CO)O[C@@H]6CO)O[C@@H]5CO)O[C@@H]4CO)O[C@@H]3CO.CCOCCOCCOCCOc1cc(C(=O)NC23CC4CC(CC(C4)C2)C3)cc(OCCOCCOCCOCC)c1OCCOCCOCCOCC. The fourth-order valence-electron chi connectivity index (χ4n) is 19.1. The molecule has 21 saturated heterocycles. The van der Waals surface area contributed by atoms with Gasteiger partial charge >= 0.3 is 12.1 Å². The third-order valence-electron chi connectivity index (χ3n) is 26.1. The molecule has 4 saturated carbocycles. The fraction of sp³-hybridized carbons (Fsp3) is 0.900. The number of aliphatic hydroxyl groups excluding tert-OH is 20. The zero-order valence-corrected chi connectivity index (χ0v) is 80.7. The molecule has 18 bridgehead atoms. The molecule has 0 radical (unpaired) electrons. The summed E-state index contributed by atoms with van der Waals surface area (Å²) in [6, 6.07) is 3.50. The Hall–Kier alpha value is -4.89. The van der Waals surface area contributed by atoms with Crippen LogP contribution in [0.1, 0.15) is 83.5 Å². The lowest BCUT2D eigenvalue weighted by Gasteiger charge is -2.56. The summed E-state index contributed by atoms with van der Waals surface area (Å²) in [5.74, 6) is 2.04. The Morgan fingerprint density at radius 3 is 0.811 bits per heavy atom. The molecule has 0 aromatic heterocycles. The number of hydrogen-bond donors (Lipinski definition) is 22. The molecular weight excluding hydrogens is 1920 g/mol. The summed E-state index contributed by atoms with van der Waals surface area (Å²) >= 11 is 0. The molecule has 0 unspecified atom stereocenters. The van der Waals surface area contributed by atoms with E-state index in [1.807, 2.05) is 20.8 Å². The Kier molecular flexibility index (Phi) is 49.0. The number of alkyl carbamates (subject to hydrolysis) is 1. The third-order valence-corrected chi connectivity index (χ3v) is 26.1. The minimum absolute atomic E-state index is 0.128. The van der Waals surface area contributed by atoms with Crippen molar-refractivity contribution in [2.45, 2.75) is 294 Å². The van der Waals surface area contributed by atoms with Crippen LogP contribution in [0.15, 0.2) is 12.1 Å². The van der Waals surface area contributed by atoms with Crippen LogP contribution in [0.5, 0.6) is 17.2 Å². The van der Waals surface area contributed by atoms with E-state index in [9.17, 15) is 117 Å². The standard InChI is InChI=1S/C49H81NO38.C41H69NO13/c1-12(2)41(71)73-3-4-74-49(72)50-5-13-34-20(57)27(64)42(75-13)83-35-14(6-51)77-44(29(66)22(35)59)85-37-16(8-53)79-46(31(68)24(37)61)87-39-18(10-55)81-48(33(70)26(39)63)88-40-19(11-56)80-47(32(69)25(40)62)86-38-17(9-54)78-45(30(67)23(38)60)84-36-15(7-52)76-43(82-34)28(65)21(36)58;1-4-44-7-10-47-13-16-50-19-22-53-37-28-36(40(43)42-41-30-33-25-34(31-41)27-35(26-33)32-41)29-38(54-23-20-51-17-14-48-11-8-45-5-2)39(37)55-24-21-52-18-15-49-12-9-46-6-3/h12-40,42-48,51-70H,3-11H2,1-2H3,(H,50,72);28-29,33-35H,4-27,30-32H2,1-3H3,(H,42,43)/t13-,14-,15-,16-,17-,18-,19-,20-,21-,22-,23-,24-,25-,26-,27-,28-,29-,30-,31-,32-,33-,34-,35-,36-,37-,38-,39-,40-,42-,43-,44-,45-,46-,47-,48-;/m1./s1. The van der Waals surface area contributed by atoms with Gasteiger partial charge in [0.05, 0.1) is 145 Å². The topological polar surface area (TPSA) is 738 Å². The minimum atomic E-state index is -2.30. The molecule has 22 N–H and O–H groups in total. The van der Waals surface area contributed by atoms with Crippen molar-refractivity contribution in [3.05, 3.63) is 17.7 Å². The van der Waals surface area contributed by atoms with Crippen LogP contribution in [-0.4, -0.2) is 539 Å². The van der Waals surface area contributed by atoms with Crippen LogP contribution in [0.4, 0.5) is 4.79 Å². The maximum atomic E-state index is 14.1.